The number of benzene rings is 1. The molecule has 2 unspecified atom stereocenters. The SMILES string of the molecule is CC1CN(S(=O)(=O)c2ccc(C#CCN)cc2)CC(C)S1. The lowest BCUT2D eigenvalue weighted by Gasteiger charge is -2.33. The minimum Gasteiger partial charge on any atom is -0.320 e. The van der Waals surface area contributed by atoms with Crippen LogP contribution in [0.1, 0.15) is 19.4 Å². The summed E-state index contributed by atoms with van der Waals surface area (Å²) in [5.41, 5.74) is 6.09. The molecule has 4 nitrogen and oxygen atoms in total. The Hall–Kier alpha value is -1.00. The van der Waals surface area contributed by atoms with Crippen LogP contribution in [0.4, 0.5) is 0 Å². The maximum Gasteiger partial charge on any atom is 0.243 e. The average Bonchev–Trinajstić information content (AvgIpc) is 2.44. The van der Waals surface area contributed by atoms with E-state index in [-0.39, 0.29) is 0 Å². The van der Waals surface area contributed by atoms with Gasteiger partial charge >= 0.3 is 0 Å². The molecule has 1 aliphatic rings. The van der Waals surface area contributed by atoms with E-state index in [2.05, 4.69) is 25.7 Å². The Bertz CT molecular complexity index is 634. The number of hydrogen-bond donors (Lipinski definition) is 1. The number of thioether (sulfide) groups is 1. The first-order valence-electron chi connectivity index (χ1n) is 6.88. The van der Waals surface area contributed by atoms with Gasteiger partial charge in [-0.25, -0.2) is 8.42 Å². The van der Waals surface area contributed by atoms with E-state index >= 15 is 0 Å². The molecule has 1 aromatic rings. The fourth-order valence-electron chi connectivity index (χ4n) is 2.34. The van der Waals surface area contributed by atoms with Crippen LogP contribution < -0.4 is 5.73 Å². The van der Waals surface area contributed by atoms with Crippen molar-refractivity contribution in [1.82, 2.24) is 4.31 Å². The quantitative estimate of drug-likeness (QED) is 0.838. The van der Waals surface area contributed by atoms with Crippen LogP contribution >= 0.6 is 11.8 Å². The Kier molecular flexibility index (Phi) is 5.33. The van der Waals surface area contributed by atoms with Crippen LogP contribution in [0.25, 0.3) is 0 Å². The Morgan fingerprint density at radius 2 is 1.81 bits per heavy atom. The molecule has 21 heavy (non-hydrogen) atoms. The molecule has 2 rings (SSSR count). The summed E-state index contributed by atoms with van der Waals surface area (Å²) in [6.07, 6.45) is 0. The molecule has 114 valence electrons. The molecule has 0 saturated carbocycles. The summed E-state index contributed by atoms with van der Waals surface area (Å²) in [5.74, 6) is 5.64. The molecule has 0 bridgehead atoms. The lowest BCUT2D eigenvalue weighted by atomic mass is 10.2. The van der Waals surface area contributed by atoms with Gasteiger partial charge in [-0.05, 0) is 24.3 Å². The second kappa shape index (κ2) is 6.84. The monoisotopic (exact) mass is 324 g/mol. The van der Waals surface area contributed by atoms with Crippen LogP contribution in [0.5, 0.6) is 0 Å². The van der Waals surface area contributed by atoms with E-state index in [1.807, 2.05) is 11.8 Å². The summed E-state index contributed by atoms with van der Waals surface area (Å²) in [7, 11) is -3.42. The van der Waals surface area contributed by atoms with Crippen molar-refractivity contribution < 1.29 is 8.42 Å². The first-order chi connectivity index (χ1) is 9.93. The van der Waals surface area contributed by atoms with Crippen molar-refractivity contribution in [2.45, 2.75) is 29.2 Å². The zero-order valence-corrected chi connectivity index (χ0v) is 13.9. The number of nitrogens with zero attached hydrogens (tertiary/aromatic N) is 1. The number of sulfonamides is 1. The van der Waals surface area contributed by atoms with Gasteiger partial charge in [0.15, 0.2) is 0 Å². The topological polar surface area (TPSA) is 63.4 Å². The normalized spacial score (nSPS) is 23.4. The minimum absolute atomic E-state index is 0.293. The molecule has 0 aromatic heterocycles. The molecule has 0 spiro atoms. The first kappa shape index (κ1) is 16.4. The van der Waals surface area contributed by atoms with Crippen molar-refractivity contribution >= 4 is 21.8 Å². The molecule has 2 N–H and O–H groups in total. The number of rotatable bonds is 2. The zero-order valence-electron chi connectivity index (χ0n) is 12.2. The Morgan fingerprint density at radius 1 is 1.24 bits per heavy atom. The highest BCUT2D eigenvalue weighted by Gasteiger charge is 2.31. The molecule has 1 fully saturated rings. The van der Waals surface area contributed by atoms with E-state index in [9.17, 15) is 8.42 Å². The summed E-state index contributed by atoms with van der Waals surface area (Å²) >= 11 is 1.83. The Labute approximate surface area is 131 Å². The zero-order chi connectivity index (χ0) is 15.5. The van der Waals surface area contributed by atoms with E-state index in [0.717, 1.165) is 5.56 Å². The fourth-order valence-corrected chi connectivity index (χ4v) is 5.47. The van der Waals surface area contributed by atoms with Crippen LogP contribution in [0.15, 0.2) is 29.2 Å². The smallest absolute Gasteiger partial charge is 0.243 e. The van der Waals surface area contributed by atoms with Gasteiger partial charge in [0, 0.05) is 29.2 Å². The van der Waals surface area contributed by atoms with Crippen LogP contribution in [-0.2, 0) is 10.0 Å². The highest BCUT2D eigenvalue weighted by Crippen LogP contribution is 2.28. The van der Waals surface area contributed by atoms with Crippen molar-refractivity contribution in [1.29, 1.82) is 0 Å². The maximum absolute atomic E-state index is 12.7. The van der Waals surface area contributed by atoms with Crippen molar-refractivity contribution in [3.05, 3.63) is 29.8 Å². The third-order valence-corrected chi connectivity index (χ3v) is 6.29. The highest BCUT2D eigenvalue weighted by atomic mass is 32.2. The van der Waals surface area contributed by atoms with Crippen molar-refractivity contribution in [2.75, 3.05) is 19.6 Å². The van der Waals surface area contributed by atoms with Gasteiger partial charge in [-0.3, -0.25) is 0 Å². The maximum atomic E-state index is 12.7. The molecular weight excluding hydrogens is 304 g/mol. The molecule has 0 aliphatic carbocycles. The summed E-state index contributed by atoms with van der Waals surface area (Å²) in [6, 6.07) is 6.68. The molecule has 1 aromatic carbocycles. The third kappa shape index (κ3) is 4.01. The van der Waals surface area contributed by atoms with E-state index in [1.54, 1.807) is 28.6 Å². The lowest BCUT2D eigenvalue weighted by molar-refractivity contribution is 0.405. The lowest BCUT2D eigenvalue weighted by Crippen LogP contribution is -2.43. The summed E-state index contributed by atoms with van der Waals surface area (Å²) in [6.45, 7) is 5.54. The average molecular weight is 324 g/mol. The second-order valence-electron chi connectivity index (χ2n) is 5.11. The van der Waals surface area contributed by atoms with Gasteiger partial charge in [0.25, 0.3) is 0 Å². The van der Waals surface area contributed by atoms with Gasteiger partial charge in [-0.1, -0.05) is 25.7 Å². The van der Waals surface area contributed by atoms with Gasteiger partial charge in [0.1, 0.15) is 0 Å². The fraction of sp³-hybridized carbons (Fsp3) is 0.467. The summed E-state index contributed by atoms with van der Waals surface area (Å²) < 4.78 is 26.9. The van der Waals surface area contributed by atoms with Crippen LogP contribution in [0.3, 0.4) is 0 Å². The Balaban J connectivity index is 2.23. The summed E-state index contributed by atoms with van der Waals surface area (Å²) in [4.78, 5) is 0.326. The molecule has 1 heterocycles. The molecular formula is C15H20N2O2S2. The molecule has 1 saturated heterocycles. The van der Waals surface area contributed by atoms with E-state index < -0.39 is 10.0 Å². The number of nitrogens with two attached hydrogens (primary N) is 1. The first-order valence-corrected chi connectivity index (χ1v) is 9.26. The van der Waals surface area contributed by atoms with Crippen molar-refractivity contribution in [3.63, 3.8) is 0 Å². The number of hydrogen-bond acceptors (Lipinski definition) is 4. The molecule has 0 amide bonds. The van der Waals surface area contributed by atoms with Gasteiger partial charge in [-0.2, -0.15) is 16.1 Å². The van der Waals surface area contributed by atoms with E-state index in [0.29, 0.717) is 35.0 Å². The Morgan fingerprint density at radius 3 is 2.33 bits per heavy atom. The predicted octanol–water partition coefficient (Wildman–Crippen LogP) is 1.51. The van der Waals surface area contributed by atoms with E-state index in [1.165, 1.54) is 0 Å². The van der Waals surface area contributed by atoms with Crippen LogP contribution in [0, 0.1) is 11.8 Å². The van der Waals surface area contributed by atoms with E-state index in [4.69, 9.17) is 5.73 Å². The molecule has 2 atom stereocenters. The van der Waals surface area contributed by atoms with Gasteiger partial charge in [0.05, 0.1) is 11.4 Å². The van der Waals surface area contributed by atoms with Gasteiger partial charge in [-0.15, -0.1) is 0 Å². The van der Waals surface area contributed by atoms with Crippen LogP contribution in [0.2, 0.25) is 0 Å². The minimum atomic E-state index is -3.42. The largest absolute Gasteiger partial charge is 0.320 e. The highest BCUT2D eigenvalue weighted by molar-refractivity contribution is 8.00. The van der Waals surface area contributed by atoms with Crippen molar-refractivity contribution in [3.8, 4) is 11.8 Å². The predicted molar refractivity (Wildman–Crippen MR) is 87.6 cm³/mol. The molecule has 1 aliphatic heterocycles. The summed E-state index contributed by atoms with van der Waals surface area (Å²) in [5, 5.41) is 0.636. The molecule has 0 radical (unpaired) electrons. The van der Waals surface area contributed by atoms with Crippen LogP contribution in [-0.4, -0.2) is 42.9 Å². The standard InChI is InChI=1S/C15H20N2O2S2/c1-12-10-17(11-13(2)20-12)21(18,19)15-7-5-14(6-8-15)4-3-9-16/h5-8,12-13H,9-11,16H2,1-2H3. The van der Waals surface area contributed by atoms with Gasteiger partial charge in [0.2, 0.25) is 10.0 Å². The van der Waals surface area contributed by atoms with Crippen molar-refractivity contribution in [2.24, 2.45) is 5.73 Å². The van der Waals surface area contributed by atoms with Gasteiger partial charge < -0.3 is 5.73 Å². The second-order valence-corrected chi connectivity index (χ2v) is 8.93. The third-order valence-electron chi connectivity index (χ3n) is 3.21. The molecule has 6 heteroatoms.